The van der Waals surface area contributed by atoms with Crippen molar-refractivity contribution in [2.75, 3.05) is 20.6 Å². The van der Waals surface area contributed by atoms with Crippen LogP contribution < -0.4 is 0 Å². The fourth-order valence-electron chi connectivity index (χ4n) is 3.95. The van der Waals surface area contributed by atoms with Gasteiger partial charge in [-0.1, -0.05) is 43.2 Å². The predicted molar refractivity (Wildman–Crippen MR) is 119 cm³/mol. The van der Waals surface area contributed by atoms with E-state index in [-0.39, 0.29) is 5.92 Å². The molecule has 2 aromatic carbocycles. The van der Waals surface area contributed by atoms with Crippen LogP contribution in [-0.4, -0.2) is 56.1 Å². The molecule has 0 heterocycles. The Morgan fingerprint density at radius 3 is 1.82 bits per heavy atom. The van der Waals surface area contributed by atoms with E-state index in [0.29, 0.717) is 12.1 Å². The van der Waals surface area contributed by atoms with E-state index in [2.05, 4.69) is 43.3 Å². The number of aliphatic hydroxyl groups is 1. The summed E-state index contributed by atoms with van der Waals surface area (Å²) in [5, 5.41) is 51.0. The van der Waals surface area contributed by atoms with Gasteiger partial charge in [0, 0.05) is 12.5 Å². The third kappa shape index (κ3) is 6.43. The van der Waals surface area contributed by atoms with Crippen LogP contribution in [0.25, 0.3) is 0 Å². The van der Waals surface area contributed by atoms with E-state index < -0.39 is 43.2 Å². The number of hydrogen-bond acceptors (Lipinski definition) is 9. The highest BCUT2D eigenvalue weighted by molar-refractivity contribution is 5.64. The van der Waals surface area contributed by atoms with Gasteiger partial charge in [-0.2, -0.15) is 0 Å². The molecule has 1 saturated carbocycles. The minimum absolute atomic E-state index is 0.237. The monoisotopic (exact) mass is 462 g/mol. The molecule has 1 aliphatic carbocycles. The molecule has 12 nitrogen and oxygen atoms in total. The second kappa shape index (κ2) is 10.8. The van der Waals surface area contributed by atoms with E-state index in [9.17, 15) is 35.4 Å². The molecule has 0 amide bonds. The number of hydrogen-bond donors (Lipinski definition) is 2. The maximum Gasteiger partial charge on any atom is 0.324 e. The number of nitro groups is 3. The zero-order valence-corrected chi connectivity index (χ0v) is 18.3. The highest BCUT2D eigenvalue weighted by Crippen LogP contribution is 2.41. The van der Waals surface area contributed by atoms with E-state index in [1.807, 2.05) is 6.07 Å². The summed E-state index contributed by atoms with van der Waals surface area (Å²) in [5.41, 5.74) is -2.23. The lowest BCUT2D eigenvalue weighted by molar-refractivity contribution is -0.404. The SMILES string of the molecule is CN(C)CC(c1ccccc1)C1(O)CCCC1.O=[N+]([O-])c1cc([N+](=O)[O-])c(O)c([N+](=O)[O-])c1. The van der Waals surface area contributed by atoms with Gasteiger partial charge in [-0.3, -0.25) is 30.3 Å². The van der Waals surface area contributed by atoms with Gasteiger partial charge in [-0.15, -0.1) is 0 Å². The third-order valence-corrected chi connectivity index (χ3v) is 5.53. The highest BCUT2D eigenvalue weighted by Gasteiger charge is 2.40. The number of phenols is 1. The molecule has 2 aromatic rings. The molecule has 0 aromatic heterocycles. The van der Waals surface area contributed by atoms with Gasteiger partial charge >= 0.3 is 11.4 Å². The Hall–Kier alpha value is -3.64. The summed E-state index contributed by atoms with van der Waals surface area (Å²) in [6, 6.07) is 11.3. The van der Waals surface area contributed by atoms with Crippen LogP contribution in [0.2, 0.25) is 0 Å². The number of likely N-dealkylation sites (N-methyl/N-ethyl adjacent to an activating group) is 1. The first-order chi connectivity index (χ1) is 15.5. The van der Waals surface area contributed by atoms with Crippen molar-refractivity contribution in [3.05, 3.63) is 78.4 Å². The lowest BCUT2D eigenvalue weighted by Gasteiger charge is -2.35. The van der Waals surface area contributed by atoms with Crippen molar-refractivity contribution >= 4 is 17.1 Å². The van der Waals surface area contributed by atoms with E-state index >= 15 is 0 Å². The zero-order valence-electron chi connectivity index (χ0n) is 18.3. The van der Waals surface area contributed by atoms with E-state index in [1.165, 1.54) is 5.56 Å². The first-order valence-corrected chi connectivity index (χ1v) is 10.2. The van der Waals surface area contributed by atoms with Crippen LogP contribution in [0.15, 0.2) is 42.5 Å². The largest absolute Gasteiger partial charge is 0.497 e. The van der Waals surface area contributed by atoms with Crippen molar-refractivity contribution < 1.29 is 25.0 Å². The molecule has 0 saturated heterocycles. The Morgan fingerprint density at radius 2 is 1.42 bits per heavy atom. The minimum atomic E-state index is -1.21. The number of phenolic OH excluding ortho intramolecular Hbond substituents is 1. The summed E-state index contributed by atoms with van der Waals surface area (Å²) in [6.07, 6.45) is 4.21. The predicted octanol–water partition coefficient (Wildman–Crippen LogP) is 3.75. The molecule has 3 rings (SSSR count). The summed E-state index contributed by atoms with van der Waals surface area (Å²) < 4.78 is 0. The molecule has 2 N–H and O–H groups in total. The maximum absolute atomic E-state index is 10.8. The van der Waals surface area contributed by atoms with Gasteiger partial charge in [0.2, 0.25) is 0 Å². The van der Waals surface area contributed by atoms with Gasteiger partial charge in [-0.25, -0.2) is 0 Å². The summed E-state index contributed by atoms with van der Waals surface area (Å²) in [7, 11) is 4.16. The number of nitrogens with zero attached hydrogens (tertiary/aromatic N) is 4. The molecule has 1 fully saturated rings. The molecule has 0 radical (unpaired) electrons. The number of benzene rings is 2. The molecular weight excluding hydrogens is 436 g/mol. The van der Waals surface area contributed by atoms with Crippen molar-refractivity contribution in [2.24, 2.45) is 0 Å². The van der Waals surface area contributed by atoms with Crippen LogP contribution in [0.1, 0.15) is 37.2 Å². The van der Waals surface area contributed by atoms with Crippen LogP contribution in [0.4, 0.5) is 17.1 Å². The lowest BCUT2D eigenvalue weighted by atomic mass is 9.80. The number of aromatic hydroxyl groups is 1. The van der Waals surface area contributed by atoms with Crippen LogP contribution in [0.5, 0.6) is 5.75 Å². The summed E-state index contributed by atoms with van der Waals surface area (Å²) in [5.74, 6) is -0.971. The standard InChI is InChI=1S/C15H23NO.C6H3N3O7/c1-16(2)12-14(13-8-4-3-5-9-13)15(17)10-6-7-11-15;10-6-4(8(13)14)1-3(7(11)12)2-5(6)9(15)16/h3-5,8-9,14,17H,6-7,10-12H2,1-2H3;1-2,10H. The van der Waals surface area contributed by atoms with Gasteiger partial charge in [0.25, 0.3) is 11.4 Å². The Balaban J connectivity index is 0.000000234. The normalized spacial score (nSPS) is 15.4. The Bertz CT molecular complexity index is 972. The molecule has 12 heteroatoms. The second-order valence-corrected chi connectivity index (χ2v) is 8.14. The summed E-state index contributed by atoms with van der Waals surface area (Å²) in [4.78, 5) is 29.9. The molecule has 1 unspecified atom stereocenters. The molecule has 0 bridgehead atoms. The van der Waals surface area contributed by atoms with Gasteiger partial charge < -0.3 is 15.1 Å². The summed E-state index contributed by atoms with van der Waals surface area (Å²) >= 11 is 0. The Morgan fingerprint density at radius 1 is 0.939 bits per heavy atom. The molecule has 1 atom stereocenters. The average Bonchev–Trinajstić information content (AvgIpc) is 3.20. The molecule has 33 heavy (non-hydrogen) atoms. The number of rotatable bonds is 7. The second-order valence-electron chi connectivity index (χ2n) is 8.14. The van der Waals surface area contributed by atoms with Crippen molar-refractivity contribution in [3.63, 3.8) is 0 Å². The first kappa shape index (κ1) is 25.6. The van der Waals surface area contributed by atoms with Gasteiger partial charge in [-0.05, 0) is 32.5 Å². The maximum atomic E-state index is 10.8. The van der Waals surface area contributed by atoms with Crippen molar-refractivity contribution in [1.82, 2.24) is 4.90 Å². The van der Waals surface area contributed by atoms with Crippen LogP contribution >= 0.6 is 0 Å². The van der Waals surface area contributed by atoms with Gasteiger partial charge in [0.15, 0.2) is 0 Å². The van der Waals surface area contributed by atoms with Crippen molar-refractivity contribution in [2.45, 2.75) is 37.2 Å². The number of nitro benzene ring substituents is 3. The summed E-state index contributed by atoms with van der Waals surface area (Å²) in [6.45, 7) is 0.917. The number of non-ortho nitro benzene ring substituents is 1. The van der Waals surface area contributed by atoms with E-state index in [0.717, 1.165) is 32.2 Å². The van der Waals surface area contributed by atoms with Gasteiger partial charge in [0.1, 0.15) is 0 Å². The fourth-order valence-corrected chi connectivity index (χ4v) is 3.95. The Labute approximate surface area is 189 Å². The van der Waals surface area contributed by atoms with Crippen molar-refractivity contribution in [1.29, 1.82) is 0 Å². The molecule has 1 aliphatic rings. The van der Waals surface area contributed by atoms with Crippen LogP contribution in [0.3, 0.4) is 0 Å². The minimum Gasteiger partial charge on any atom is -0.497 e. The van der Waals surface area contributed by atoms with Gasteiger partial charge in [0.05, 0.1) is 32.5 Å². The first-order valence-electron chi connectivity index (χ1n) is 10.2. The van der Waals surface area contributed by atoms with Crippen molar-refractivity contribution in [3.8, 4) is 5.75 Å². The third-order valence-electron chi connectivity index (χ3n) is 5.53. The molecular formula is C21H26N4O8. The topological polar surface area (TPSA) is 173 Å². The fraction of sp³-hybridized carbons (Fsp3) is 0.429. The van der Waals surface area contributed by atoms with E-state index in [1.54, 1.807) is 0 Å². The van der Waals surface area contributed by atoms with Crippen LogP contribution in [-0.2, 0) is 0 Å². The quantitative estimate of drug-likeness (QED) is 0.458. The van der Waals surface area contributed by atoms with Crippen LogP contribution in [0, 0.1) is 30.3 Å². The smallest absolute Gasteiger partial charge is 0.324 e. The average molecular weight is 462 g/mol. The highest BCUT2D eigenvalue weighted by atomic mass is 16.6. The Kier molecular flexibility index (Phi) is 8.38. The molecule has 178 valence electrons. The lowest BCUT2D eigenvalue weighted by Crippen LogP contribution is -2.39. The molecule has 0 spiro atoms. The van der Waals surface area contributed by atoms with E-state index in [4.69, 9.17) is 5.11 Å². The zero-order chi connectivity index (χ0) is 24.8. The molecule has 0 aliphatic heterocycles.